The summed E-state index contributed by atoms with van der Waals surface area (Å²) in [6.07, 6.45) is 3.81. The third-order valence-corrected chi connectivity index (χ3v) is 2.83. The van der Waals surface area contributed by atoms with Gasteiger partial charge in [-0.3, -0.25) is 0 Å². The van der Waals surface area contributed by atoms with E-state index >= 15 is 0 Å². The van der Waals surface area contributed by atoms with Gasteiger partial charge in [0.2, 0.25) is 0 Å². The summed E-state index contributed by atoms with van der Waals surface area (Å²) in [6, 6.07) is 0. The molecule has 78 valence electrons. The fraction of sp³-hybridized carbons (Fsp3) is 0.818. The van der Waals surface area contributed by atoms with Crippen LogP contribution in [0.25, 0.3) is 0 Å². The monoisotopic (exact) mass is 202 g/mol. The molecule has 0 spiro atoms. The van der Waals surface area contributed by atoms with E-state index in [0.717, 1.165) is 11.7 Å². The minimum Gasteiger partial charge on any atom is -0.396 e. The van der Waals surface area contributed by atoms with Crippen LogP contribution in [0.5, 0.6) is 0 Å². The number of hydrogen-bond donors (Lipinski definition) is 1. The molecule has 0 amide bonds. The van der Waals surface area contributed by atoms with Crippen LogP contribution >= 0.6 is 11.8 Å². The number of thioether (sulfide) groups is 1. The van der Waals surface area contributed by atoms with Crippen LogP contribution in [0.3, 0.4) is 0 Å². The van der Waals surface area contributed by atoms with E-state index < -0.39 is 0 Å². The van der Waals surface area contributed by atoms with E-state index in [9.17, 15) is 0 Å². The highest BCUT2D eigenvalue weighted by Gasteiger charge is 1.95. The fourth-order valence-electron chi connectivity index (χ4n) is 1.10. The molecule has 0 saturated carbocycles. The van der Waals surface area contributed by atoms with Crippen molar-refractivity contribution in [2.75, 3.05) is 12.4 Å². The standard InChI is InChI=1S/C11H22OS/c1-10(2)5-4-6-11(3)9-13-8-7-12/h9-10,12H,4-8H2,1-3H3/b11-9-. The summed E-state index contributed by atoms with van der Waals surface area (Å²) in [5, 5.41) is 10.8. The van der Waals surface area contributed by atoms with Gasteiger partial charge in [-0.15, -0.1) is 11.8 Å². The van der Waals surface area contributed by atoms with E-state index in [0.29, 0.717) is 0 Å². The Kier molecular flexibility index (Phi) is 8.67. The number of aliphatic hydroxyl groups excluding tert-OH is 1. The topological polar surface area (TPSA) is 20.2 Å². The smallest absolute Gasteiger partial charge is 0.0525 e. The predicted octanol–water partition coefficient (Wildman–Crippen LogP) is 3.44. The van der Waals surface area contributed by atoms with Gasteiger partial charge in [-0.2, -0.15) is 0 Å². The second kappa shape index (κ2) is 8.64. The molecule has 0 aromatic heterocycles. The number of rotatable bonds is 7. The van der Waals surface area contributed by atoms with Crippen molar-refractivity contribution in [3.8, 4) is 0 Å². The minimum atomic E-state index is 0.278. The minimum absolute atomic E-state index is 0.278. The Morgan fingerprint density at radius 1 is 1.46 bits per heavy atom. The van der Waals surface area contributed by atoms with Gasteiger partial charge >= 0.3 is 0 Å². The van der Waals surface area contributed by atoms with E-state index in [-0.39, 0.29) is 6.61 Å². The predicted molar refractivity (Wildman–Crippen MR) is 62.0 cm³/mol. The quantitative estimate of drug-likeness (QED) is 0.638. The van der Waals surface area contributed by atoms with Crippen LogP contribution in [-0.4, -0.2) is 17.5 Å². The van der Waals surface area contributed by atoms with Gasteiger partial charge in [-0.25, -0.2) is 0 Å². The number of aliphatic hydroxyl groups is 1. The average Bonchev–Trinajstić information content (AvgIpc) is 2.04. The van der Waals surface area contributed by atoms with E-state index in [1.807, 2.05) is 0 Å². The normalized spacial score (nSPS) is 12.5. The van der Waals surface area contributed by atoms with Crippen LogP contribution in [0.1, 0.15) is 40.0 Å². The molecule has 2 heteroatoms. The molecule has 13 heavy (non-hydrogen) atoms. The highest BCUT2D eigenvalue weighted by Crippen LogP contribution is 2.14. The molecule has 1 N–H and O–H groups in total. The van der Waals surface area contributed by atoms with Gasteiger partial charge in [0.1, 0.15) is 0 Å². The largest absolute Gasteiger partial charge is 0.396 e. The Labute approximate surface area is 86.6 Å². The summed E-state index contributed by atoms with van der Waals surface area (Å²) in [5.41, 5.74) is 1.44. The molecule has 0 aromatic rings. The lowest BCUT2D eigenvalue weighted by Gasteiger charge is -2.04. The molecule has 0 aliphatic rings. The van der Waals surface area contributed by atoms with Crippen molar-refractivity contribution in [2.24, 2.45) is 5.92 Å². The van der Waals surface area contributed by atoms with Gasteiger partial charge in [0, 0.05) is 5.75 Å². The maximum atomic E-state index is 8.58. The molecular weight excluding hydrogens is 180 g/mol. The van der Waals surface area contributed by atoms with Crippen molar-refractivity contribution in [1.82, 2.24) is 0 Å². The van der Waals surface area contributed by atoms with E-state index in [1.165, 1.54) is 24.8 Å². The Morgan fingerprint density at radius 2 is 2.15 bits per heavy atom. The highest BCUT2D eigenvalue weighted by molar-refractivity contribution is 8.02. The van der Waals surface area contributed by atoms with E-state index in [2.05, 4.69) is 26.2 Å². The van der Waals surface area contributed by atoms with Crippen molar-refractivity contribution in [3.63, 3.8) is 0 Å². The maximum absolute atomic E-state index is 8.58. The van der Waals surface area contributed by atoms with E-state index in [1.54, 1.807) is 11.8 Å². The lowest BCUT2D eigenvalue weighted by molar-refractivity contribution is 0.322. The van der Waals surface area contributed by atoms with Gasteiger partial charge in [-0.1, -0.05) is 25.8 Å². The maximum Gasteiger partial charge on any atom is 0.0525 e. The average molecular weight is 202 g/mol. The molecule has 0 aliphatic heterocycles. The summed E-state index contributed by atoms with van der Waals surface area (Å²) in [5.74, 6) is 1.64. The van der Waals surface area contributed by atoms with Gasteiger partial charge < -0.3 is 5.11 Å². The van der Waals surface area contributed by atoms with Gasteiger partial charge in [0.25, 0.3) is 0 Å². The summed E-state index contributed by atoms with van der Waals surface area (Å²) >= 11 is 1.71. The summed E-state index contributed by atoms with van der Waals surface area (Å²) in [6.45, 7) is 6.98. The summed E-state index contributed by atoms with van der Waals surface area (Å²) in [7, 11) is 0. The zero-order valence-corrected chi connectivity index (χ0v) is 9.86. The molecule has 0 aromatic carbocycles. The Morgan fingerprint density at radius 3 is 2.69 bits per heavy atom. The first-order valence-electron chi connectivity index (χ1n) is 5.05. The molecular formula is C11H22OS. The molecule has 0 unspecified atom stereocenters. The number of hydrogen-bond acceptors (Lipinski definition) is 2. The lowest BCUT2D eigenvalue weighted by Crippen LogP contribution is -1.88. The van der Waals surface area contributed by atoms with Gasteiger partial charge in [0.05, 0.1) is 6.61 Å². The zero-order chi connectivity index (χ0) is 10.1. The van der Waals surface area contributed by atoms with Crippen molar-refractivity contribution >= 4 is 11.8 Å². The van der Waals surface area contributed by atoms with Crippen LogP contribution in [-0.2, 0) is 0 Å². The van der Waals surface area contributed by atoms with Crippen molar-refractivity contribution < 1.29 is 5.11 Å². The third-order valence-electron chi connectivity index (χ3n) is 1.85. The first-order chi connectivity index (χ1) is 6.16. The van der Waals surface area contributed by atoms with Crippen LogP contribution in [0, 0.1) is 5.92 Å². The summed E-state index contributed by atoms with van der Waals surface area (Å²) < 4.78 is 0. The molecule has 0 saturated heterocycles. The van der Waals surface area contributed by atoms with Crippen LogP contribution < -0.4 is 0 Å². The van der Waals surface area contributed by atoms with Crippen LogP contribution in [0.2, 0.25) is 0 Å². The Hall–Kier alpha value is 0.0500. The molecule has 0 radical (unpaired) electrons. The lowest BCUT2D eigenvalue weighted by atomic mass is 10.0. The van der Waals surface area contributed by atoms with Gasteiger partial charge in [0.15, 0.2) is 0 Å². The molecule has 0 aliphatic carbocycles. The van der Waals surface area contributed by atoms with E-state index in [4.69, 9.17) is 5.11 Å². The second-order valence-corrected chi connectivity index (χ2v) is 4.82. The Bertz CT molecular complexity index is 141. The molecule has 0 fully saturated rings. The van der Waals surface area contributed by atoms with Gasteiger partial charge in [-0.05, 0) is 31.1 Å². The molecule has 0 heterocycles. The fourth-order valence-corrected chi connectivity index (χ4v) is 1.73. The van der Waals surface area contributed by atoms with Crippen molar-refractivity contribution in [3.05, 3.63) is 11.0 Å². The molecule has 0 atom stereocenters. The second-order valence-electron chi connectivity index (χ2n) is 3.84. The van der Waals surface area contributed by atoms with Crippen molar-refractivity contribution in [1.29, 1.82) is 0 Å². The molecule has 0 bridgehead atoms. The van der Waals surface area contributed by atoms with Crippen LogP contribution in [0.15, 0.2) is 11.0 Å². The SMILES string of the molecule is C/C(=C/SCCO)CCCC(C)C. The molecule has 0 rings (SSSR count). The highest BCUT2D eigenvalue weighted by atomic mass is 32.2. The Balaban J connectivity index is 3.38. The third kappa shape index (κ3) is 9.97. The first kappa shape index (κ1) is 13.1. The number of allylic oxidation sites excluding steroid dienone is 1. The zero-order valence-electron chi connectivity index (χ0n) is 9.05. The molecule has 1 nitrogen and oxygen atoms in total. The summed E-state index contributed by atoms with van der Waals surface area (Å²) in [4.78, 5) is 0. The van der Waals surface area contributed by atoms with Crippen molar-refractivity contribution in [2.45, 2.75) is 40.0 Å². The first-order valence-corrected chi connectivity index (χ1v) is 6.09. The van der Waals surface area contributed by atoms with Crippen LogP contribution in [0.4, 0.5) is 0 Å².